The summed E-state index contributed by atoms with van der Waals surface area (Å²) >= 11 is 0. The van der Waals surface area contributed by atoms with Crippen LogP contribution in [0, 0.1) is 11.8 Å². The van der Waals surface area contributed by atoms with Crippen molar-refractivity contribution in [1.29, 1.82) is 0 Å². The number of phenolic OH excluding ortho intramolecular Hbond substituents is 1. The first-order chi connectivity index (χ1) is 16.2. The van der Waals surface area contributed by atoms with Crippen LogP contribution >= 0.6 is 12.4 Å². The first kappa shape index (κ1) is 28.7. The fraction of sp³-hybridized carbons (Fsp3) is 0.500. The van der Waals surface area contributed by atoms with Gasteiger partial charge in [0.2, 0.25) is 5.91 Å². The number of aromatic hydroxyl groups is 1. The highest BCUT2D eigenvalue weighted by molar-refractivity contribution is 5.85. The molecule has 1 aliphatic heterocycles. The van der Waals surface area contributed by atoms with Crippen LogP contribution in [0.5, 0.6) is 5.75 Å². The SMILES string of the molecule is CCOC(=O)CN(C)C(=O)C(Cc1ccccc1)CN1CCC(C)(c2cccc(O)c2)C(C)C1.Cl. The van der Waals surface area contributed by atoms with E-state index in [4.69, 9.17) is 4.74 Å². The van der Waals surface area contributed by atoms with Gasteiger partial charge in [-0.2, -0.15) is 0 Å². The van der Waals surface area contributed by atoms with Crippen LogP contribution in [0.4, 0.5) is 0 Å². The summed E-state index contributed by atoms with van der Waals surface area (Å²) in [4.78, 5) is 29.2. The molecule has 0 spiro atoms. The highest BCUT2D eigenvalue weighted by Crippen LogP contribution is 2.40. The number of carbonyl (C=O) groups excluding carboxylic acids is 2. The van der Waals surface area contributed by atoms with Crippen LogP contribution in [0.1, 0.15) is 38.3 Å². The second-order valence-corrected chi connectivity index (χ2v) is 9.76. The molecule has 1 fully saturated rings. The van der Waals surface area contributed by atoms with Gasteiger partial charge in [0.25, 0.3) is 0 Å². The number of likely N-dealkylation sites (N-methyl/N-ethyl adjacent to an activating group) is 1. The molecule has 1 heterocycles. The van der Waals surface area contributed by atoms with Crippen molar-refractivity contribution in [2.75, 3.05) is 39.8 Å². The van der Waals surface area contributed by atoms with Gasteiger partial charge >= 0.3 is 5.97 Å². The summed E-state index contributed by atoms with van der Waals surface area (Å²) in [5, 5.41) is 9.98. The van der Waals surface area contributed by atoms with E-state index in [-0.39, 0.29) is 42.2 Å². The lowest BCUT2D eigenvalue weighted by molar-refractivity contribution is -0.149. The van der Waals surface area contributed by atoms with E-state index in [2.05, 4.69) is 24.8 Å². The van der Waals surface area contributed by atoms with Gasteiger partial charge in [0.05, 0.1) is 12.5 Å². The predicted molar refractivity (Wildman–Crippen MR) is 141 cm³/mol. The van der Waals surface area contributed by atoms with Crippen molar-refractivity contribution in [2.24, 2.45) is 11.8 Å². The molecule has 0 bridgehead atoms. The molecule has 0 saturated carbocycles. The van der Waals surface area contributed by atoms with E-state index in [1.54, 1.807) is 20.0 Å². The third-order valence-electron chi connectivity index (χ3n) is 7.27. The van der Waals surface area contributed by atoms with Gasteiger partial charge in [-0.3, -0.25) is 9.59 Å². The van der Waals surface area contributed by atoms with Gasteiger partial charge in [-0.15, -0.1) is 12.4 Å². The predicted octanol–water partition coefficient (Wildman–Crippen LogP) is 4.29. The molecule has 6 nitrogen and oxygen atoms in total. The molecule has 0 aromatic heterocycles. The number of benzene rings is 2. The smallest absolute Gasteiger partial charge is 0.325 e. The molecule has 0 aliphatic carbocycles. The number of esters is 1. The van der Waals surface area contributed by atoms with Crippen molar-refractivity contribution in [1.82, 2.24) is 9.80 Å². The van der Waals surface area contributed by atoms with Crippen molar-refractivity contribution >= 4 is 24.3 Å². The quantitative estimate of drug-likeness (QED) is 0.518. The average molecular weight is 503 g/mol. The number of rotatable bonds is 9. The Morgan fingerprint density at radius 1 is 1.20 bits per heavy atom. The van der Waals surface area contributed by atoms with E-state index in [9.17, 15) is 14.7 Å². The van der Waals surface area contributed by atoms with E-state index >= 15 is 0 Å². The van der Waals surface area contributed by atoms with Gasteiger partial charge in [-0.1, -0.05) is 56.3 Å². The number of phenols is 1. The van der Waals surface area contributed by atoms with E-state index in [1.165, 1.54) is 4.90 Å². The minimum absolute atomic E-state index is 0. The van der Waals surface area contributed by atoms with E-state index in [0.717, 1.165) is 30.6 Å². The minimum Gasteiger partial charge on any atom is -0.508 e. The van der Waals surface area contributed by atoms with Crippen molar-refractivity contribution in [3.05, 3.63) is 65.7 Å². The molecule has 3 unspecified atom stereocenters. The Morgan fingerprint density at radius 3 is 2.54 bits per heavy atom. The molecular weight excluding hydrogens is 464 g/mol. The lowest BCUT2D eigenvalue weighted by atomic mass is 9.68. The van der Waals surface area contributed by atoms with Crippen LogP contribution in [-0.4, -0.2) is 66.6 Å². The van der Waals surface area contributed by atoms with Crippen molar-refractivity contribution in [3.8, 4) is 5.75 Å². The Balaban J connectivity index is 0.00000432. The third kappa shape index (κ3) is 7.45. The summed E-state index contributed by atoms with van der Waals surface area (Å²) in [6, 6.07) is 17.6. The summed E-state index contributed by atoms with van der Waals surface area (Å²) in [5.41, 5.74) is 2.24. The number of nitrogens with zero attached hydrogens (tertiary/aromatic N) is 2. The second-order valence-electron chi connectivity index (χ2n) is 9.76. The van der Waals surface area contributed by atoms with Crippen LogP contribution in [0.15, 0.2) is 54.6 Å². The Hall–Kier alpha value is -2.57. The molecule has 2 aromatic carbocycles. The number of likely N-dealkylation sites (tertiary alicyclic amines) is 1. The maximum absolute atomic E-state index is 13.4. The molecule has 1 N–H and O–H groups in total. The molecule has 3 rings (SSSR count). The number of hydrogen-bond donors (Lipinski definition) is 1. The zero-order valence-corrected chi connectivity index (χ0v) is 22.1. The fourth-order valence-corrected chi connectivity index (χ4v) is 5.00. The number of halogens is 1. The van der Waals surface area contributed by atoms with Crippen molar-refractivity contribution in [3.63, 3.8) is 0 Å². The van der Waals surface area contributed by atoms with E-state index in [1.807, 2.05) is 42.5 Å². The number of hydrogen-bond acceptors (Lipinski definition) is 5. The highest BCUT2D eigenvalue weighted by atomic mass is 35.5. The molecule has 1 aliphatic rings. The number of carbonyl (C=O) groups is 2. The van der Waals surface area contributed by atoms with Crippen LogP contribution < -0.4 is 0 Å². The Bertz CT molecular complexity index is 970. The zero-order valence-electron chi connectivity index (χ0n) is 21.3. The highest BCUT2D eigenvalue weighted by Gasteiger charge is 2.39. The minimum atomic E-state index is -0.384. The van der Waals surface area contributed by atoms with Gasteiger partial charge in [-0.25, -0.2) is 0 Å². The summed E-state index contributed by atoms with van der Waals surface area (Å²) < 4.78 is 5.04. The molecule has 0 radical (unpaired) electrons. The van der Waals surface area contributed by atoms with Gasteiger partial charge in [0.1, 0.15) is 12.3 Å². The maximum atomic E-state index is 13.4. The molecule has 2 aromatic rings. The van der Waals surface area contributed by atoms with Gasteiger partial charge in [0, 0.05) is 20.1 Å². The molecule has 7 heteroatoms. The molecular formula is C28H39ClN2O4. The molecule has 192 valence electrons. The largest absolute Gasteiger partial charge is 0.508 e. The van der Waals surface area contributed by atoms with Crippen LogP contribution in [0.3, 0.4) is 0 Å². The molecule has 1 saturated heterocycles. The molecule has 1 amide bonds. The number of piperidine rings is 1. The topological polar surface area (TPSA) is 70.1 Å². The monoisotopic (exact) mass is 502 g/mol. The van der Waals surface area contributed by atoms with Crippen molar-refractivity contribution in [2.45, 2.75) is 39.0 Å². The summed E-state index contributed by atoms with van der Waals surface area (Å²) in [7, 11) is 1.68. The first-order valence-corrected chi connectivity index (χ1v) is 12.2. The summed E-state index contributed by atoms with van der Waals surface area (Å²) in [6.07, 6.45) is 1.57. The molecule has 3 atom stereocenters. The van der Waals surface area contributed by atoms with Gasteiger partial charge in [0.15, 0.2) is 0 Å². The van der Waals surface area contributed by atoms with E-state index in [0.29, 0.717) is 31.2 Å². The Labute approximate surface area is 215 Å². The summed E-state index contributed by atoms with van der Waals surface area (Å²) in [6.45, 7) is 8.92. The number of amides is 1. The average Bonchev–Trinajstić information content (AvgIpc) is 2.81. The van der Waals surface area contributed by atoms with Crippen molar-refractivity contribution < 1.29 is 19.4 Å². The van der Waals surface area contributed by atoms with E-state index < -0.39 is 0 Å². The standard InChI is InChI=1S/C28H38N2O4.ClH/c1-5-34-26(32)20-29(4)27(33)23(16-22-10-7-6-8-11-22)19-30-15-14-28(3,21(2)18-30)24-12-9-13-25(31)17-24;/h6-13,17,21,23,31H,5,14-16,18-20H2,1-4H3;1H. The lowest BCUT2D eigenvalue weighted by Gasteiger charge is -2.46. The summed E-state index contributed by atoms with van der Waals surface area (Å²) in [5.74, 6) is -0.0189. The fourth-order valence-electron chi connectivity index (χ4n) is 5.00. The van der Waals surface area contributed by atoms with Crippen LogP contribution in [-0.2, 0) is 26.2 Å². The Kier molecular flexibility index (Phi) is 10.6. The molecule has 35 heavy (non-hydrogen) atoms. The first-order valence-electron chi connectivity index (χ1n) is 12.2. The normalized spacial score (nSPS) is 21.0. The van der Waals surface area contributed by atoms with Gasteiger partial charge in [-0.05, 0) is 60.9 Å². The zero-order chi connectivity index (χ0) is 24.7. The number of ether oxygens (including phenoxy) is 1. The lowest BCUT2D eigenvalue weighted by Crippen LogP contribution is -2.50. The third-order valence-corrected chi connectivity index (χ3v) is 7.27. The second kappa shape index (κ2) is 12.9. The van der Waals surface area contributed by atoms with Crippen LogP contribution in [0.25, 0.3) is 0 Å². The van der Waals surface area contributed by atoms with Crippen LogP contribution in [0.2, 0.25) is 0 Å². The maximum Gasteiger partial charge on any atom is 0.325 e. The Morgan fingerprint density at radius 2 is 1.91 bits per heavy atom. The van der Waals surface area contributed by atoms with Gasteiger partial charge < -0.3 is 19.6 Å².